The van der Waals surface area contributed by atoms with Crippen LogP contribution >= 0.6 is 0 Å². The molecule has 2 atom stereocenters. The first-order chi connectivity index (χ1) is 6.56. The molecular weight excluding hydrogens is 172 g/mol. The molecular formula is C13H22O. The van der Waals surface area contributed by atoms with Crippen molar-refractivity contribution < 1.29 is 5.11 Å². The third kappa shape index (κ3) is 3.35. The minimum Gasteiger partial charge on any atom is -0.389 e. The zero-order valence-electron chi connectivity index (χ0n) is 9.42. The van der Waals surface area contributed by atoms with Crippen molar-refractivity contribution in [1.82, 2.24) is 0 Å². The Balaban J connectivity index is 2.47. The van der Waals surface area contributed by atoms with Crippen LogP contribution in [0.3, 0.4) is 0 Å². The summed E-state index contributed by atoms with van der Waals surface area (Å²) in [5.74, 6) is 4.01. The van der Waals surface area contributed by atoms with Crippen molar-refractivity contribution >= 4 is 0 Å². The van der Waals surface area contributed by atoms with Gasteiger partial charge in [-0.25, -0.2) is 0 Å². The minimum absolute atomic E-state index is 0.529. The second-order valence-corrected chi connectivity index (χ2v) is 5.20. The van der Waals surface area contributed by atoms with E-state index in [1.54, 1.807) is 0 Å². The highest BCUT2D eigenvalue weighted by molar-refractivity contribution is 4.98. The predicted molar refractivity (Wildman–Crippen MR) is 59.8 cm³/mol. The van der Waals surface area contributed by atoms with Gasteiger partial charge in [-0.05, 0) is 31.1 Å². The maximum atomic E-state index is 10.2. The van der Waals surface area contributed by atoms with Crippen molar-refractivity contribution in [3.63, 3.8) is 0 Å². The van der Waals surface area contributed by atoms with E-state index in [0.29, 0.717) is 12.3 Å². The lowest BCUT2D eigenvalue weighted by Gasteiger charge is -2.36. The summed E-state index contributed by atoms with van der Waals surface area (Å²) >= 11 is 0. The van der Waals surface area contributed by atoms with Crippen LogP contribution in [-0.4, -0.2) is 10.7 Å². The monoisotopic (exact) mass is 194 g/mol. The van der Waals surface area contributed by atoms with Crippen LogP contribution in [0.5, 0.6) is 0 Å². The van der Waals surface area contributed by atoms with Crippen LogP contribution in [0.2, 0.25) is 0 Å². The Bertz CT molecular complexity index is 214. The van der Waals surface area contributed by atoms with Gasteiger partial charge in [0.25, 0.3) is 0 Å². The molecule has 0 spiro atoms. The molecule has 0 heterocycles. The van der Waals surface area contributed by atoms with E-state index in [0.717, 1.165) is 25.2 Å². The highest BCUT2D eigenvalue weighted by atomic mass is 16.3. The maximum absolute atomic E-state index is 10.2. The summed E-state index contributed by atoms with van der Waals surface area (Å²) in [6.07, 6.45) is 11.2. The molecule has 1 fully saturated rings. The SMILES string of the molecule is C#CCC1(O)CCCC(CC(C)C)C1. The van der Waals surface area contributed by atoms with Crippen LogP contribution in [-0.2, 0) is 0 Å². The van der Waals surface area contributed by atoms with E-state index in [9.17, 15) is 5.11 Å². The van der Waals surface area contributed by atoms with Gasteiger partial charge in [0.15, 0.2) is 0 Å². The Hall–Kier alpha value is -0.480. The van der Waals surface area contributed by atoms with E-state index in [1.165, 1.54) is 12.8 Å². The smallest absolute Gasteiger partial charge is 0.0759 e. The van der Waals surface area contributed by atoms with E-state index >= 15 is 0 Å². The molecule has 1 N–H and O–H groups in total. The first-order valence-corrected chi connectivity index (χ1v) is 5.71. The number of hydrogen-bond donors (Lipinski definition) is 1. The molecule has 0 aromatic rings. The lowest BCUT2D eigenvalue weighted by Crippen LogP contribution is -2.35. The Labute approximate surface area is 87.9 Å². The van der Waals surface area contributed by atoms with Crippen LogP contribution < -0.4 is 0 Å². The third-order valence-corrected chi connectivity index (χ3v) is 3.16. The van der Waals surface area contributed by atoms with E-state index in [1.807, 2.05) is 0 Å². The topological polar surface area (TPSA) is 20.2 Å². The standard InChI is InChI=1S/C13H22O/c1-4-7-13(14)8-5-6-12(10-13)9-11(2)3/h1,11-12,14H,5-10H2,2-3H3. The Morgan fingerprint density at radius 1 is 1.57 bits per heavy atom. The molecule has 1 saturated carbocycles. The van der Waals surface area contributed by atoms with Gasteiger partial charge < -0.3 is 5.11 Å². The zero-order chi connectivity index (χ0) is 10.6. The molecule has 0 saturated heterocycles. The molecule has 0 aromatic heterocycles. The van der Waals surface area contributed by atoms with E-state index in [-0.39, 0.29) is 0 Å². The minimum atomic E-state index is -0.549. The molecule has 80 valence electrons. The Kier molecular flexibility index (Phi) is 4.01. The Morgan fingerprint density at radius 2 is 2.29 bits per heavy atom. The molecule has 1 nitrogen and oxygen atoms in total. The van der Waals surface area contributed by atoms with E-state index in [2.05, 4.69) is 19.8 Å². The van der Waals surface area contributed by atoms with Crippen LogP contribution in [0.25, 0.3) is 0 Å². The summed E-state index contributed by atoms with van der Waals surface area (Å²) in [5, 5.41) is 10.2. The largest absolute Gasteiger partial charge is 0.389 e. The molecule has 1 rings (SSSR count). The van der Waals surface area contributed by atoms with Crippen molar-refractivity contribution in [3.8, 4) is 12.3 Å². The van der Waals surface area contributed by atoms with Gasteiger partial charge in [0, 0.05) is 6.42 Å². The molecule has 0 radical (unpaired) electrons. The average Bonchev–Trinajstić information content (AvgIpc) is 2.02. The number of aliphatic hydroxyl groups is 1. The van der Waals surface area contributed by atoms with E-state index in [4.69, 9.17) is 6.42 Å². The fourth-order valence-electron chi connectivity index (χ4n) is 2.68. The zero-order valence-corrected chi connectivity index (χ0v) is 9.42. The highest BCUT2D eigenvalue weighted by Crippen LogP contribution is 2.37. The highest BCUT2D eigenvalue weighted by Gasteiger charge is 2.33. The summed E-state index contributed by atoms with van der Waals surface area (Å²) in [6.45, 7) is 4.49. The number of terminal acetylenes is 1. The molecule has 0 amide bonds. The second-order valence-electron chi connectivity index (χ2n) is 5.20. The predicted octanol–water partition coefficient (Wildman–Crippen LogP) is 2.98. The number of hydrogen-bond acceptors (Lipinski definition) is 1. The molecule has 14 heavy (non-hydrogen) atoms. The molecule has 1 heteroatoms. The van der Waals surface area contributed by atoms with Gasteiger partial charge in [0.05, 0.1) is 5.60 Å². The quantitative estimate of drug-likeness (QED) is 0.685. The van der Waals surface area contributed by atoms with Crippen LogP contribution in [0.15, 0.2) is 0 Å². The van der Waals surface area contributed by atoms with Crippen molar-refractivity contribution in [3.05, 3.63) is 0 Å². The normalized spacial score (nSPS) is 32.9. The van der Waals surface area contributed by atoms with Gasteiger partial charge >= 0.3 is 0 Å². The summed E-state index contributed by atoms with van der Waals surface area (Å²) in [6, 6.07) is 0. The molecule has 0 aliphatic heterocycles. The van der Waals surface area contributed by atoms with Crippen LogP contribution in [0, 0.1) is 24.2 Å². The maximum Gasteiger partial charge on any atom is 0.0759 e. The third-order valence-electron chi connectivity index (χ3n) is 3.16. The van der Waals surface area contributed by atoms with Gasteiger partial charge in [0.1, 0.15) is 0 Å². The molecule has 0 bridgehead atoms. The molecule has 0 aromatic carbocycles. The fraction of sp³-hybridized carbons (Fsp3) is 0.846. The van der Waals surface area contributed by atoms with Gasteiger partial charge in [-0.2, -0.15) is 0 Å². The number of rotatable bonds is 3. The van der Waals surface area contributed by atoms with Crippen LogP contribution in [0.1, 0.15) is 52.4 Å². The molecule has 2 unspecified atom stereocenters. The molecule has 1 aliphatic rings. The van der Waals surface area contributed by atoms with Crippen LogP contribution in [0.4, 0.5) is 0 Å². The van der Waals surface area contributed by atoms with Crippen molar-refractivity contribution in [2.24, 2.45) is 11.8 Å². The second kappa shape index (κ2) is 4.84. The summed E-state index contributed by atoms with van der Waals surface area (Å²) in [4.78, 5) is 0. The van der Waals surface area contributed by atoms with Crippen molar-refractivity contribution in [2.75, 3.05) is 0 Å². The van der Waals surface area contributed by atoms with Gasteiger partial charge in [-0.3, -0.25) is 0 Å². The van der Waals surface area contributed by atoms with Crippen molar-refractivity contribution in [1.29, 1.82) is 0 Å². The van der Waals surface area contributed by atoms with E-state index < -0.39 is 5.60 Å². The average molecular weight is 194 g/mol. The Morgan fingerprint density at radius 3 is 2.86 bits per heavy atom. The van der Waals surface area contributed by atoms with Gasteiger partial charge in [-0.15, -0.1) is 12.3 Å². The lowest BCUT2D eigenvalue weighted by molar-refractivity contribution is -0.0148. The summed E-state index contributed by atoms with van der Waals surface area (Å²) in [7, 11) is 0. The first kappa shape index (κ1) is 11.6. The summed E-state index contributed by atoms with van der Waals surface area (Å²) in [5.41, 5.74) is -0.549. The van der Waals surface area contributed by atoms with Gasteiger partial charge in [-0.1, -0.05) is 26.7 Å². The van der Waals surface area contributed by atoms with Gasteiger partial charge in [0.2, 0.25) is 0 Å². The lowest BCUT2D eigenvalue weighted by atomic mass is 9.74. The first-order valence-electron chi connectivity index (χ1n) is 5.71. The fourth-order valence-corrected chi connectivity index (χ4v) is 2.68. The van der Waals surface area contributed by atoms with Crippen molar-refractivity contribution in [2.45, 2.75) is 58.0 Å². The molecule has 1 aliphatic carbocycles. The summed E-state index contributed by atoms with van der Waals surface area (Å²) < 4.78 is 0.